The molecule has 0 bridgehead atoms. The molecule has 174 valence electrons. The molecule has 3 heterocycles. The van der Waals surface area contributed by atoms with Gasteiger partial charge >= 0.3 is 0 Å². The van der Waals surface area contributed by atoms with Crippen LogP contribution in [0.3, 0.4) is 0 Å². The standard InChI is InChI=1S/C23H23ClN8OS/c24-17-15(5-7-29-19(17)27)34-22-20(28)31-21(14(10-25)30-22)32-8-6-23(16(33)11-32)9-12-3-1-2-4-13(12)18(23)26/h1-5,7,16,18,33H,6,8-9,11,26H2,(H2,27,29)(H2,28,31)/t16?,18-,23?/m1/s1. The lowest BCUT2D eigenvalue weighted by atomic mass is 9.71. The zero-order valence-electron chi connectivity index (χ0n) is 18.1. The van der Waals surface area contributed by atoms with Gasteiger partial charge in [0.15, 0.2) is 17.3 Å². The van der Waals surface area contributed by atoms with E-state index in [0.717, 1.165) is 23.7 Å². The predicted octanol–water partition coefficient (Wildman–Crippen LogP) is 2.53. The van der Waals surface area contributed by atoms with Crippen LogP contribution in [-0.2, 0) is 6.42 Å². The molecule has 1 fully saturated rings. The summed E-state index contributed by atoms with van der Waals surface area (Å²) in [5.74, 6) is 0.701. The third-order valence-corrected chi connectivity index (χ3v) is 8.36. The number of rotatable bonds is 3. The van der Waals surface area contributed by atoms with Crippen LogP contribution in [0.25, 0.3) is 0 Å². The van der Waals surface area contributed by atoms with Crippen molar-refractivity contribution in [3.8, 4) is 6.07 Å². The highest BCUT2D eigenvalue weighted by Crippen LogP contribution is 2.51. The molecule has 2 aromatic heterocycles. The van der Waals surface area contributed by atoms with Gasteiger partial charge in [-0.05, 0) is 30.0 Å². The van der Waals surface area contributed by atoms with Gasteiger partial charge in [0, 0.05) is 35.6 Å². The summed E-state index contributed by atoms with van der Waals surface area (Å²) < 4.78 is 0. The molecule has 1 saturated heterocycles. The van der Waals surface area contributed by atoms with Crippen molar-refractivity contribution in [3.63, 3.8) is 0 Å². The summed E-state index contributed by atoms with van der Waals surface area (Å²) in [5.41, 5.74) is 20.6. The average molecular weight is 495 g/mol. The van der Waals surface area contributed by atoms with Gasteiger partial charge in [0.25, 0.3) is 0 Å². The molecule has 0 radical (unpaired) electrons. The van der Waals surface area contributed by atoms with Gasteiger partial charge in [0.2, 0.25) is 0 Å². The Morgan fingerprint density at radius 2 is 2.00 bits per heavy atom. The second-order valence-electron chi connectivity index (χ2n) is 8.61. The number of pyridine rings is 1. The van der Waals surface area contributed by atoms with Crippen molar-refractivity contribution in [3.05, 3.63) is 58.4 Å². The Morgan fingerprint density at radius 1 is 1.21 bits per heavy atom. The van der Waals surface area contributed by atoms with Crippen LogP contribution >= 0.6 is 23.4 Å². The van der Waals surface area contributed by atoms with Crippen LogP contribution in [0.4, 0.5) is 17.5 Å². The zero-order valence-corrected chi connectivity index (χ0v) is 19.7. The quantitative estimate of drug-likeness (QED) is 0.425. The Morgan fingerprint density at radius 3 is 2.74 bits per heavy atom. The zero-order chi connectivity index (χ0) is 24.0. The summed E-state index contributed by atoms with van der Waals surface area (Å²) in [5, 5.41) is 21.7. The van der Waals surface area contributed by atoms with Gasteiger partial charge in [-0.15, -0.1) is 0 Å². The Hall–Kier alpha value is -3.10. The monoisotopic (exact) mass is 494 g/mol. The Labute approximate surface area is 206 Å². The third kappa shape index (κ3) is 3.61. The minimum Gasteiger partial charge on any atom is -0.391 e. The van der Waals surface area contributed by atoms with Gasteiger partial charge in [0.05, 0.1) is 11.1 Å². The number of aliphatic hydroxyl groups excluding tert-OH is 1. The fraction of sp³-hybridized carbons (Fsp3) is 0.304. The summed E-state index contributed by atoms with van der Waals surface area (Å²) in [6.07, 6.45) is 2.21. The molecule has 1 aliphatic carbocycles. The fourth-order valence-electron chi connectivity index (χ4n) is 4.94. The molecule has 2 aliphatic rings. The van der Waals surface area contributed by atoms with Crippen molar-refractivity contribution in [1.29, 1.82) is 5.26 Å². The van der Waals surface area contributed by atoms with Crippen LogP contribution in [0.15, 0.2) is 46.5 Å². The second kappa shape index (κ2) is 8.60. The van der Waals surface area contributed by atoms with Crippen LogP contribution in [0, 0.1) is 16.7 Å². The summed E-state index contributed by atoms with van der Waals surface area (Å²) in [6.45, 7) is 0.852. The number of nitrogen functional groups attached to an aromatic ring is 2. The first-order valence-electron chi connectivity index (χ1n) is 10.8. The minimum absolute atomic E-state index is 0.122. The largest absolute Gasteiger partial charge is 0.391 e. The van der Waals surface area contributed by atoms with Gasteiger partial charge in [-0.2, -0.15) is 5.26 Å². The number of hydrogen-bond acceptors (Lipinski definition) is 10. The van der Waals surface area contributed by atoms with E-state index in [1.807, 2.05) is 23.1 Å². The predicted molar refractivity (Wildman–Crippen MR) is 131 cm³/mol. The van der Waals surface area contributed by atoms with Gasteiger partial charge in [-0.25, -0.2) is 15.0 Å². The molecule has 1 spiro atoms. The first-order chi connectivity index (χ1) is 16.3. The summed E-state index contributed by atoms with van der Waals surface area (Å²) >= 11 is 7.40. The first kappa shape index (κ1) is 22.7. The highest BCUT2D eigenvalue weighted by molar-refractivity contribution is 7.99. The number of aromatic nitrogens is 3. The number of piperidine rings is 1. The Kier molecular flexibility index (Phi) is 5.73. The molecular formula is C23H23ClN8OS. The molecule has 7 N–H and O–H groups in total. The maximum absolute atomic E-state index is 11.3. The molecule has 3 atom stereocenters. The van der Waals surface area contributed by atoms with Crippen molar-refractivity contribution in [2.45, 2.75) is 34.9 Å². The van der Waals surface area contributed by atoms with Gasteiger partial charge in [-0.3, -0.25) is 0 Å². The molecule has 5 rings (SSSR count). The van der Waals surface area contributed by atoms with Crippen molar-refractivity contribution in [2.75, 3.05) is 29.5 Å². The fourth-order valence-corrected chi connectivity index (χ4v) is 5.99. The van der Waals surface area contributed by atoms with E-state index in [1.54, 1.807) is 6.07 Å². The molecule has 1 aliphatic heterocycles. The van der Waals surface area contributed by atoms with Gasteiger partial charge < -0.3 is 27.2 Å². The molecule has 9 nitrogen and oxygen atoms in total. The third-order valence-electron chi connectivity index (χ3n) is 6.80. The van der Waals surface area contributed by atoms with Crippen LogP contribution in [0.1, 0.15) is 29.3 Å². The highest BCUT2D eigenvalue weighted by atomic mass is 35.5. The molecule has 2 unspecified atom stereocenters. The van der Waals surface area contributed by atoms with Crippen LogP contribution in [0.2, 0.25) is 5.02 Å². The number of nitrogens with two attached hydrogens (primary N) is 3. The van der Waals surface area contributed by atoms with Crippen LogP contribution in [0.5, 0.6) is 0 Å². The Bertz CT molecular complexity index is 1310. The number of β-amino-alcohol motifs (C(OH)–C–C–N with tert-alkyl or cyclic N) is 1. The Balaban J connectivity index is 1.40. The van der Waals surface area contributed by atoms with E-state index < -0.39 is 11.5 Å². The molecule has 3 aromatic rings. The molecule has 0 saturated carbocycles. The number of hydrogen-bond donors (Lipinski definition) is 4. The second-order valence-corrected chi connectivity index (χ2v) is 10.0. The van der Waals surface area contributed by atoms with Crippen LogP contribution in [-0.4, -0.2) is 39.3 Å². The highest BCUT2D eigenvalue weighted by Gasteiger charge is 2.51. The number of nitrogens with zero attached hydrogens (tertiary/aromatic N) is 5. The van der Waals surface area contributed by atoms with E-state index in [4.69, 9.17) is 28.8 Å². The van der Waals surface area contributed by atoms with E-state index in [-0.39, 0.29) is 34.9 Å². The average Bonchev–Trinajstić information content (AvgIpc) is 3.12. The van der Waals surface area contributed by atoms with E-state index in [1.165, 1.54) is 11.8 Å². The molecule has 11 heteroatoms. The van der Waals surface area contributed by atoms with E-state index in [9.17, 15) is 10.4 Å². The summed E-state index contributed by atoms with van der Waals surface area (Å²) in [4.78, 5) is 15.3. The summed E-state index contributed by atoms with van der Waals surface area (Å²) in [7, 11) is 0. The number of halogens is 1. The first-order valence-corrected chi connectivity index (χ1v) is 12.0. The lowest BCUT2D eigenvalue weighted by Crippen LogP contribution is -2.55. The van der Waals surface area contributed by atoms with Crippen molar-refractivity contribution in [1.82, 2.24) is 15.0 Å². The maximum Gasteiger partial charge on any atom is 0.184 e. The van der Waals surface area contributed by atoms with E-state index in [0.29, 0.717) is 28.7 Å². The number of anilines is 3. The van der Waals surface area contributed by atoms with Crippen molar-refractivity contribution < 1.29 is 5.11 Å². The van der Waals surface area contributed by atoms with E-state index in [2.05, 4.69) is 27.1 Å². The van der Waals surface area contributed by atoms with Gasteiger partial charge in [-0.1, -0.05) is 47.6 Å². The van der Waals surface area contributed by atoms with E-state index >= 15 is 0 Å². The van der Waals surface area contributed by atoms with Crippen molar-refractivity contribution in [2.24, 2.45) is 11.1 Å². The SMILES string of the molecule is N#Cc1nc(Sc2ccnc(N)c2Cl)c(N)nc1N1CCC2(Cc3ccccc3[C@H]2N)C(O)C1. The number of aliphatic hydroxyl groups is 1. The number of fused-ring (bicyclic) bond motifs is 1. The van der Waals surface area contributed by atoms with Crippen LogP contribution < -0.4 is 22.1 Å². The number of nitriles is 1. The number of benzene rings is 1. The summed E-state index contributed by atoms with van der Waals surface area (Å²) in [6, 6.07) is 11.6. The van der Waals surface area contributed by atoms with Crippen molar-refractivity contribution >= 4 is 40.8 Å². The molecule has 34 heavy (non-hydrogen) atoms. The van der Waals surface area contributed by atoms with Gasteiger partial charge in [0.1, 0.15) is 16.9 Å². The molecule has 0 amide bonds. The minimum atomic E-state index is -0.703. The lowest BCUT2D eigenvalue weighted by molar-refractivity contribution is -0.00290. The maximum atomic E-state index is 11.3. The topological polar surface area (TPSA) is 164 Å². The molecule has 1 aromatic carbocycles. The normalized spacial score (nSPS) is 23.6. The molecular weight excluding hydrogens is 472 g/mol. The lowest BCUT2D eigenvalue weighted by Gasteiger charge is -2.46. The smallest absolute Gasteiger partial charge is 0.184 e.